The van der Waals surface area contributed by atoms with Gasteiger partial charge in [-0.25, -0.2) is 0 Å². The molecule has 7 heteroatoms. The average Bonchev–Trinajstić information content (AvgIpc) is 3.08. The van der Waals surface area contributed by atoms with E-state index in [1.165, 1.54) is 0 Å². The molecule has 116 valence electrons. The highest BCUT2D eigenvalue weighted by Gasteiger charge is 2.17. The maximum atomic E-state index is 11.8. The quantitative estimate of drug-likeness (QED) is 0.842. The molecule has 1 aliphatic heterocycles. The average molecular weight is 311 g/mol. The number of aryl methyl sites for hydroxylation is 1. The van der Waals surface area contributed by atoms with Crippen LogP contribution < -0.4 is 10.2 Å². The van der Waals surface area contributed by atoms with Gasteiger partial charge in [-0.15, -0.1) is 0 Å². The molecule has 6 nitrogen and oxygen atoms in total. The second kappa shape index (κ2) is 7.40. The Morgan fingerprint density at radius 2 is 2.00 bits per heavy atom. The molecule has 1 fully saturated rings. The maximum absolute atomic E-state index is 11.8. The molecule has 21 heavy (non-hydrogen) atoms. The minimum atomic E-state index is -0.123. The van der Waals surface area contributed by atoms with E-state index in [0.717, 1.165) is 43.0 Å². The number of aromatic nitrogens is 1. The van der Waals surface area contributed by atoms with Crippen LogP contribution >= 0.6 is 11.3 Å². The lowest BCUT2D eigenvalue weighted by atomic mass is 10.3. The van der Waals surface area contributed by atoms with Gasteiger partial charge in [0, 0.05) is 50.1 Å². The van der Waals surface area contributed by atoms with Gasteiger partial charge in [0.15, 0.2) is 0 Å². The summed E-state index contributed by atoms with van der Waals surface area (Å²) in [6.07, 6.45) is 2.76. The number of carbonyl (C=O) groups is 2. The second-order valence-corrected chi connectivity index (χ2v) is 6.05. The predicted molar refractivity (Wildman–Crippen MR) is 81.4 cm³/mol. The van der Waals surface area contributed by atoms with E-state index < -0.39 is 0 Å². The third-order valence-corrected chi connectivity index (χ3v) is 4.54. The summed E-state index contributed by atoms with van der Waals surface area (Å²) in [7, 11) is 0. The zero-order chi connectivity index (χ0) is 15.2. The summed E-state index contributed by atoms with van der Waals surface area (Å²) in [4.78, 5) is 36.8. The van der Waals surface area contributed by atoms with Crippen molar-refractivity contribution in [3.05, 3.63) is 20.7 Å². The molecule has 0 bridgehead atoms. The first-order chi connectivity index (χ1) is 10.1. The highest BCUT2D eigenvalue weighted by molar-refractivity contribution is 7.07. The van der Waals surface area contributed by atoms with Gasteiger partial charge in [-0.2, -0.15) is 0 Å². The minimum Gasteiger partial charge on any atom is -0.356 e. The fourth-order valence-electron chi connectivity index (χ4n) is 2.41. The first-order valence-corrected chi connectivity index (χ1v) is 8.15. The van der Waals surface area contributed by atoms with Gasteiger partial charge in [-0.05, 0) is 19.8 Å². The van der Waals surface area contributed by atoms with E-state index in [1.807, 2.05) is 11.8 Å². The Labute approximate surface area is 127 Å². The number of likely N-dealkylation sites (tertiary alicyclic amines) is 1. The van der Waals surface area contributed by atoms with Crippen LogP contribution in [-0.4, -0.2) is 40.9 Å². The SMILES string of the molecule is Cc1csc(=O)n1CCC(=O)NCCC(=O)N1CCCC1. The van der Waals surface area contributed by atoms with Crippen LogP contribution in [0.1, 0.15) is 31.4 Å². The maximum Gasteiger partial charge on any atom is 0.307 e. The first kappa shape index (κ1) is 15.8. The Balaban J connectivity index is 1.66. The summed E-state index contributed by atoms with van der Waals surface area (Å²) in [6.45, 7) is 4.29. The molecule has 0 unspecified atom stereocenters. The molecule has 0 spiro atoms. The van der Waals surface area contributed by atoms with E-state index in [0.29, 0.717) is 19.5 Å². The Kier molecular flexibility index (Phi) is 5.55. The van der Waals surface area contributed by atoms with Gasteiger partial charge < -0.3 is 14.8 Å². The standard InChI is InChI=1S/C14H21N3O3S/c1-11-10-21-14(20)17(11)9-5-12(18)15-6-4-13(19)16-7-2-3-8-16/h10H,2-9H2,1H3,(H,15,18). The van der Waals surface area contributed by atoms with Crippen molar-refractivity contribution in [2.75, 3.05) is 19.6 Å². The molecule has 2 amide bonds. The zero-order valence-electron chi connectivity index (χ0n) is 12.3. The van der Waals surface area contributed by atoms with E-state index in [1.54, 1.807) is 9.95 Å². The van der Waals surface area contributed by atoms with Crippen LogP contribution in [0.4, 0.5) is 0 Å². The molecule has 1 saturated heterocycles. The van der Waals surface area contributed by atoms with Crippen molar-refractivity contribution < 1.29 is 9.59 Å². The zero-order valence-corrected chi connectivity index (χ0v) is 13.1. The smallest absolute Gasteiger partial charge is 0.307 e. The third kappa shape index (κ3) is 4.42. The summed E-state index contributed by atoms with van der Waals surface area (Å²) in [5, 5.41) is 4.53. The molecule has 2 heterocycles. The van der Waals surface area contributed by atoms with Crippen LogP contribution in [0.2, 0.25) is 0 Å². The molecular weight excluding hydrogens is 290 g/mol. The number of nitrogens with zero attached hydrogens (tertiary/aromatic N) is 2. The monoisotopic (exact) mass is 311 g/mol. The highest BCUT2D eigenvalue weighted by atomic mass is 32.1. The van der Waals surface area contributed by atoms with Gasteiger partial charge in [0.05, 0.1) is 0 Å². The molecule has 1 aromatic rings. The molecule has 0 saturated carbocycles. The Morgan fingerprint density at radius 1 is 1.29 bits per heavy atom. The summed E-state index contributed by atoms with van der Waals surface area (Å²) in [6, 6.07) is 0. The minimum absolute atomic E-state index is 0.0375. The molecule has 2 rings (SSSR count). The number of hydrogen-bond acceptors (Lipinski definition) is 4. The molecule has 1 N–H and O–H groups in total. The number of nitrogens with one attached hydrogen (secondary N) is 1. The van der Waals surface area contributed by atoms with Gasteiger partial charge in [0.25, 0.3) is 0 Å². The lowest BCUT2D eigenvalue weighted by molar-refractivity contribution is -0.130. The molecule has 1 aromatic heterocycles. The largest absolute Gasteiger partial charge is 0.356 e. The van der Waals surface area contributed by atoms with Gasteiger partial charge in [-0.3, -0.25) is 14.4 Å². The summed E-state index contributed by atoms with van der Waals surface area (Å²) in [5.74, 6) is -0.0144. The van der Waals surface area contributed by atoms with E-state index >= 15 is 0 Å². The molecule has 0 aromatic carbocycles. The van der Waals surface area contributed by atoms with Crippen molar-refractivity contribution in [1.29, 1.82) is 0 Å². The number of thiazole rings is 1. The summed E-state index contributed by atoms with van der Waals surface area (Å²) in [5.41, 5.74) is 0.877. The van der Waals surface area contributed by atoms with Gasteiger partial charge in [0.1, 0.15) is 0 Å². The van der Waals surface area contributed by atoms with Gasteiger partial charge in [0.2, 0.25) is 11.8 Å². The first-order valence-electron chi connectivity index (χ1n) is 7.27. The van der Waals surface area contributed by atoms with Crippen LogP contribution in [-0.2, 0) is 16.1 Å². The highest BCUT2D eigenvalue weighted by Crippen LogP contribution is 2.08. The van der Waals surface area contributed by atoms with Crippen LogP contribution in [0.25, 0.3) is 0 Å². The van der Waals surface area contributed by atoms with Crippen LogP contribution in [0, 0.1) is 6.92 Å². The van der Waals surface area contributed by atoms with Crippen molar-refractivity contribution in [2.24, 2.45) is 0 Å². The van der Waals surface area contributed by atoms with E-state index in [2.05, 4.69) is 5.32 Å². The van der Waals surface area contributed by atoms with Crippen molar-refractivity contribution in [2.45, 2.75) is 39.2 Å². The molecule has 0 atom stereocenters. The predicted octanol–water partition coefficient (Wildman–Crippen LogP) is 0.737. The number of carbonyl (C=O) groups excluding carboxylic acids is 2. The van der Waals surface area contributed by atoms with Crippen LogP contribution in [0.5, 0.6) is 0 Å². The van der Waals surface area contributed by atoms with Gasteiger partial charge >= 0.3 is 4.87 Å². The molecular formula is C14H21N3O3S. The fraction of sp³-hybridized carbons (Fsp3) is 0.643. The van der Waals surface area contributed by atoms with E-state index in [4.69, 9.17) is 0 Å². The third-order valence-electron chi connectivity index (χ3n) is 3.66. The van der Waals surface area contributed by atoms with Crippen LogP contribution in [0.3, 0.4) is 0 Å². The Bertz CT molecular complexity index is 558. The summed E-state index contributed by atoms with van der Waals surface area (Å²) >= 11 is 1.14. The Morgan fingerprint density at radius 3 is 2.62 bits per heavy atom. The Hall–Kier alpha value is -1.63. The van der Waals surface area contributed by atoms with Crippen molar-refractivity contribution >= 4 is 23.2 Å². The molecule has 1 aliphatic rings. The fourth-order valence-corrected chi connectivity index (χ4v) is 3.17. The molecule has 0 aliphatic carbocycles. The topological polar surface area (TPSA) is 71.4 Å². The van der Waals surface area contributed by atoms with Crippen molar-refractivity contribution in [3.8, 4) is 0 Å². The lowest BCUT2D eigenvalue weighted by Crippen LogP contribution is -2.33. The lowest BCUT2D eigenvalue weighted by Gasteiger charge is -2.15. The van der Waals surface area contributed by atoms with E-state index in [-0.39, 0.29) is 23.1 Å². The van der Waals surface area contributed by atoms with E-state index in [9.17, 15) is 14.4 Å². The molecule has 0 radical (unpaired) electrons. The number of rotatable bonds is 6. The van der Waals surface area contributed by atoms with Crippen LogP contribution in [0.15, 0.2) is 10.2 Å². The van der Waals surface area contributed by atoms with Crippen molar-refractivity contribution in [3.63, 3.8) is 0 Å². The number of amides is 2. The number of hydrogen-bond donors (Lipinski definition) is 1. The second-order valence-electron chi connectivity index (χ2n) is 5.23. The summed E-state index contributed by atoms with van der Waals surface area (Å²) < 4.78 is 1.60. The van der Waals surface area contributed by atoms with Gasteiger partial charge in [-0.1, -0.05) is 11.3 Å². The van der Waals surface area contributed by atoms with Crippen molar-refractivity contribution in [1.82, 2.24) is 14.8 Å². The normalized spacial score (nSPS) is 14.4.